The van der Waals surface area contributed by atoms with E-state index in [0.29, 0.717) is 32.4 Å². The molecule has 2 amide bonds. The van der Waals surface area contributed by atoms with Crippen molar-refractivity contribution < 1.29 is 14.7 Å². The minimum absolute atomic E-state index is 0.00794. The molecule has 2 N–H and O–H groups in total. The number of nitrogens with zero attached hydrogens (tertiary/aromatic N) is 1. The normalized spacial score (nSPS) is 20.8. The molecule has 1 aliphatic rings. The van der Waals surface area contributed by atoms with Gasteiger partial charge in [-0.1, -0.05) is 0 Å². The summed E-state index contributed by atoms with van der Waals surface area (Å²) in [6.07, 6.45) is 1.95. The van der Waals surface area contributed by atoms with E-state index in [1.165, 1.54) is 0 Å². The Bertz CT molecular complexity index is 292. The van der Waals surface area contributed by atoms with Crippen molar-refractivity contribution in [2.75, 3.05) is 19.6 Å². The minimum Gasteiger partial charge on any atom is -0.393 e. The zero-order valence-electron chi connectivity index (χ0n) is 11.3. The van der Waals surface area contributed by atoms with Crippen LogP contribution in [0, 0.1) is 5.92 Å². The largest absolute Gasteiger partial charge is 0.393 e. The summed E-state index contributed by atoms with van der Waals surface area (Å²) in [6.45, 7) is 5.67. The summed E-state index contributed by atoms with van der Waals surface area (Å²) in [6, 6.07) is 0. The molecule has 1 aliphatic heterocycles. The SMILES string of the molecule is CCNC(=O)CCCC(=O)N1CCC(C(C)O)C1. The molecule has 5 heteroatoms. The molecule has 0 aliphatic carbocycles. The van der Waals surface area contributed by atoms with E-state index in [4.69, 9.17) is 0 Å². The van der Waals surface area contributed by atoms with E-state index in [-0.39, 0.29) is 23.8 Å². The molecule has 0 saturated carbocycles. The second-order valence-corrected chi connectivity index (χ2v) is 4.94. The van der Waals surface area contributed by atoms with Gasteiger partial charge in [-0.25, -0.2) is 0 Å². The second-order valence-electron chi connectivity index (χ2n) is 4.94. The van der Waals surface area contributed by atoms with Crippen molar-refractivity contribution in [3.63, 3.8) is 0 Å². The van der Waals surface area contributed by atoms with E-state index in [1.807, 2.05) is 6.92 Å². The maximum Gasteiger partial charge on any atom is 0.222 e. The number of likely N-dealkylation sites (tertiary alicyclic amines) is 1. The van der Waals surface area contributed by atoms with Gasteiger partial charge in [0, 0.05) is 38.4 Å². The monoisotopic (exact) mass is 256 g/mol. The van der Waals surface area contributed by atoms with Crippen molar-refractivity contribution in [1.82, 2.24) is 10.2 Å². The van der Waals surface area contributed by atoms with Gasteiger partial charge in [-0.3, -0.25) is 9.59 Å². The minimum atomic E-state index is -0.349. The second kappa shape index (κ2) is 7.36. The van der Waals surface area contributed by atoms with E-state index in [2.05, 4.69) is 5.32 Å². The lowest BCUT2D eigenvalue weighted by atomic mass is 10.0. The smallest absolute Gasteiger partial charge is 0.222 e. The number of hydrogen-bond acceptors (Lipinski definition) is 3. The first-order chi connectivity index (χ1) is 8.54. The molecule has 2 atom stereocenters. The van der Waals surface area contributed by atoms with Crippen molar-refractivity contribution in [1.29, 1.82) is 0 Å². The highest BCUT2D eigenvalue weighted by atomic mass is 16.3. The molecule has 1 saturated heterocycles. The van der Waals surface area contributed by atoms with Gasteiger partial charge in [0.2, 0.25) is 11.8 Å². The van der Waals surface area contributed by atoms with E-state index in [1.54, 1.807) is 11.8 Å². The fraction of sp³-hybridized carbons (Fsp3) is 0.846. The quantitative estimate of drug-likeness (QED) is 0.728. The van der Waals surface area contributed by atoms with Crippen molar-refractivity contribution in [2.24, 2.45) is 5.92 Å². The maximum absolute atomic E-state index is 11.9. The van der Waals surface area contributed by atoms with Crippen LogP contribution in [0.2, 0.25) is 0 Å². The molecule has 0 aromatic rings. The highest BCUT2D eigenvalue weighted by Crippen LogP contribution is 2.20. The van der Waals surface area contributed by atoms with Gasteiger partial charge in [0.05, 0.1) is 6.10 Å². The Morgan fingerprint density at radius 1 is 1.44 bits per heavy atom. The standard InChI is InChI=1S/C13H24N2O3/c1-3-14-12(17)5-4-6-13(18)15-8-7-11(9-15)10(2)16/h10-11,16H,3-9H2,1-2H3,(H,14,17). The molecule has 1 heterocycles. The van der Waals surface area contributed by atoms with Crippen LogP contribution in [0.15, 0.2) is 0 Å². The number of rotatable bonds is 6. The zero-order valence-corrected chi connectivity index (χ0v) is 11.3. The molecule has 0 aromatic carbocycles. The number of nitrogens with one attached hydrogen (secondary N) is 1. The molecule has 1 fully saturated rings. The maximum atomic E-state index is 11.9. The third-order valence-electron chi connectivity index (χ3n) is 3.43. The fourth-order valence-electron chi connectivity index (χ4n) is 2.25. The van der Waals surface area contributed by atoms with Gasteiger partial charge >= 0.3 is 0 Å². The van der Waals surface area contributed by atoms with E-state index < -0.39 is 0 Å². The predicted molar refractivity (Wildman–Crippen MR) is 68.9 cm³/mol. The Morgan fingerprint density at radius 3 is 2.72 bits per heavy atom. The highest BCUT2D eigenvalue weighted by Gasteiger charge is 2.28. The summed E-state index contributed by atoms with van der Waals surface area (Å²) in [4.78, 5) is 24.9. The highest BCUT2D eigenvalue weighted by molar-refractivity contribution is 5.79. The number of aliphatic hydroxyl groups excluding tert-OH is 1. The first-order valence-electron chi connectivity index (χ1n) is 6.77. The third-order valence-corrected chi connectivity index (χ3v) is 3.43. The number of carbonyl (C=O) groups excluding carboxylic acids is 2. The van der Waals surface area contributed by atoms with Gasteiger partial charge in [-0.15, -0.1) is 0 Å². The van der Waals surface area contributed by atoms with Crippen LogP contribution < -0.4 is 5.32 Å². The Labute approximate surface area is 109 Å². The van der Waals surface area contributed by atoms with Crippen molar-refractivity contribution >= 4 is 11.8 Å². The van der Waals surface area contributed by atoms with Gasteiger partial charge in [-0.2, -0.15) is 0 Å². The lowest BCUT2D eigenvalue weighted by Gasteiger charge is -2.17. The van der Waals surface area contributed by atoms with Crippen LogP contribution in [-0.2, 0) is 9.59 Å². The molecule has 0 radical (unpaired) electrons. The number of carbonyl (C=O) groups is 2. The van der Waals surface area contributed by atoms with Crippen LogP contribution in [0.25, 0.3) is 0 Å². The van der Waals surface area contributed by atoms with Crippen LogP contribution in [0.3, 0.4) is 0 Å². The van der Waals surface area contributed by atoms with E-state index in [9.17, 15) is 14.7 Å². The molecule has 18 heavy (non-hydrogen) atoms. The summed E-state index contributed by atoms with van der Waals surface area (Å²) in [5.41, 5.74) is 0. The van der Waals surface area contributed by atoms with E-state index in [0.717, 1.165) is 13.0 Å². The molecule has 0 bridgehead atoms. The van der Waals surface area contributed by atoms with E-state index >= 15 is 0 Å². The van der Waals surface area contributed by atoms with Gasteiger partial charge < -0.3 is 15.3 Å². The van der Waals surface area contributed by atoms with Crippen LogP contribution in [-0.4, -0.2) is 47.6 Å². The first kappa shape index (κ1) is 15.0. The molecule has 5 nitrogen and oxygen atoms in total. The van der Waals surface area contributed by atoms with Crippen LogP contribution in [0.1, 0.15) is 39.5 Å². The topological polar surface area (TPSA) is 69.6 Å². The van der Waals surface area contributed by atoms with Crippen molar-refractivity contribution in [3.8, 4) is 0 Å². The Kier molecular flexibility index (Phi) is 6.12. The summed E-state index contributed by atoms with van der Waals surface area (Å²) in [5, 5.41) is 12.2. The van der Waals surface area contributed by atoms with Gasteiger partial charge in [0.1, 0.15) is 0 Å². The summed E-state index contributed by atoms with van der Waals surface area (Å²) >= 11 is 0. The molecule has 0 spiro atoms. The van der Waals surface area contributed by atoms with Gasteiger partial charge in [0.25, 0.3) is 0 Å². The number of hydrogen-bond donors (Lipinski definition) is 2. The van der Waals surface area contributed by atoms with Crippen molar-refractivity contribution in [2.45, 2.75) is 45.6 Å². The lowest BCUT2D eigenvalue weighted by Crippen LogP contribution is -2.30. The average Bonchev–Trinajstić information content (AvgIpc) is 2.78. The summed E-state index contributed by atoms with van der Waals surface area (Å²) < 4.78 is 0. The zero-order chi connectivity index (χ0) is 13.5. The van der Waals surface area contributed by atoms with Crippen LogP contribution in [0.5, 0.6) is 0 Å². The predicted octanol–water partition coefficient (Wildman–Crippen LogP) is 0.522. The van der Waals surface area contributed by atoms with Gasteiger partial charge in [0.15, 0.2) is 0 Å². The molecule has 1 rings (SSSR count). The lowest BCUT2D eigenvalue weighted by molar-refractivity contribution is -0.130. The average molecular weight is 256 g/mol. The van der Waals surface area contributed by atoms with Crippen molar-refractivity contribution in [3.05, 3.63) is 0 Å². The molecule has 0 aromatic heterocycles. The van der Waals surface area contributed by atoms with Gasteiger partial charge in [-0.05, 0) is 26.7 Å². The Hall–Kier alpha value is -1.10. The fourth-order valence-corrected chi connectivity index (χ4v) is 2.25. The summed E-state index contributed by atoms with van der Waals surface area (Å²) in [5.74, 6) is 0.313. The van der Waals surface area contributed by atoms with Crippen LogP contribution in [0.4, 0.5) is 0 Å². The Balaban J connectivity index is 2.20. The molecular formula is C13H24N2O3. The Morgan fingerprint density at radius 2 is 2.17 bits per heavy atom. The molecule has 104 valence electrons. The summed E-state index contributed by atoms with van der Waals surface area (Å²) in [7, 11) is 0. The molecule has 2 unspecified atom stereocenters. The number of amides is 2. The van der Waals surface area contributed by atoms with Crippen LogP contribution >= 0.6 is 0 Å². The first-order valence-corrected chi connectivity index (χ1v) is 6.77. The third kappa shape index (κ3) is 4.64. The molecular weight excluding hydrogens is 232 g/mol. The number of aliphatic hydroxyl groups is 1.